The first-order chi connectivity index (χ1) is 9.92. The number of nitrogens with one attached hydrogen (secondary N) is 1. The summed E-state index contributed by atoms with van der Waals surface area (Å²) in [7, 11) is 0. The van der Waals surface area contributed by atoms with E-state index < -0.39 is 0 Å². The molecular formula is C13H8N7. The SMILES string of the molecule is [c]1cnc2c(c1)ccn2-c1cnc(-c2ncn[nH]2)nc1. The van der Waals surface area contributed by atoms with Crippen LogP contribution in [0.5, 0.6) is 0 Å². The van der Waals surface area contributed by atoms with Gasteiger partial charge in [-0.1, -0.05) is 0 Å². The zero-order valence-electron chi connectivity index (χ0n) is 10.2. The minimum atomic E-state index is 0.504. The maximum absolute atomic E-state index is 4.31. The maximum Gasteiger partial charge on any atom is 0.197 e. The van der Waals surface area contributed by atoms with Gasteiger partial charge in [0, 0.05) is 23.8 Å². The highest BCUT2D eigenvalue weighted by Crippen LogP contribution is 2.17. The Hall–Kier alpha value is -3.09. The van der Waals surface area contributed by atoms with E-state index in [0.717, 1.165) is 16.7 Å². The smallest absolute Gasteiger partial charge is 0.197 e. The molecule has 0 saturated heterocycles. The Balaban J connectivity index is 1.79. The third kappa shape index (κ3) is 1.64. The number of nitrogens with zero attached hydrogens (tertiary/aromatic N) is 6. The van der Waals surface area contributed by atoms with Gasteiger partial charge in [0.05, 0.1) is 18.1 Å². The predicted octanol–water partition coefficient (Wildman–Crippen LogP) is 1.40. The van der Waals surface area contributed by atoms with Gasteiger partial charge in [-0.2, -0.15) is 5.10 Å². The molecule has 7 heteroatoms. The molecule has 0 amide bonds. The van der Waals surface area contributed by atoms with Crippen molar-refractivity contribution < 1.29 is 0 Å². The van der Waals surface area contributed by atoms with E-state index in [1.165, 1.54) is 6.33 Å². The van der Waals surface area contributed by atoms with Crippen LogP contribution in [0, 0.1) is 6.07 Å². The van der Waals surface area contributed by atoms with E-state index in [2.05, 4.69) is 36.2 Å². The summed E-state index contributed by atoms with van der Waals surface area (Å²) < 4.78 is 1.92. The fraction of sp³-hybridized carbons (Fsp3) is 0. The lowest BCUT2D eigenvalue weighted by molar-refractivity contribution is 1.01. The molecule has 0 saturated carbocycles. The van der Waals surface area contributed by atoms with Gasteiger partial charge < -0.3 is 0 Å². The monoisotopic (exact) mass is 262 g/mol. The molecule has 1 radical (unpaired) electrons. The quantitative estimate of drug-likeness (QED) is 0.590. The molecule has 0 aliphatic heterocycles. The van der Waals surface area contributed by atoms with Crippen molar-refractivity contribution in [2.24, 2.45) is 0 Å². The summed E-state index contributed by atoms with van der Waals surface area (Å²) in [4.78, 5) is 16.9. The molecule has 4 aromatic rings. The molecule has 0 spiro atoms. The lowest BCUT2D eigenvalue weighted by atomic mass is 10.3. The number of rotatable bonds is 2. The highest BCUT2D eigenvalue weighted by Gasteiger charge is 2.07. The van der Waals surface area contributed by atoms with Crippen molar-refractivity contribution in [3.63, 3.8) is 0 Å². The standard InChI is InChI=1S/C13H8N7/c1-2-9-3-5-20(13(9)14-4-1)10-6-15-11(16-7-10)12-17-8-18-19-12/h2-8H,(H,17,18,19). The molecule has 0 atom stereocenters. The van der Waals surface area contributed by atoms with Crippen LogP contribution in [0.4, 0.5) is 0 Å². The van der Waals surface area contributed by atoms with E-state index in [-0.39, 0.29) is 0 Å². The molecule has 4 heterocycles. The van der Waals surface area contributed by atoms with Crippen LogP contribution in [0.25, 0.3) is 28.4 Å². The van der Waals surface area contributed by atoms with Crippen LogP contribution < -0.4 is 0 Å². The molecule has 0 bridgehead atoms. The van der Waals surface area contributed by atoms with Crippen LogP contribution in [-0.2, 0) is 0 Å². The van der Waals surface area contributed by atoms with E-state index in [4.69, 9.17) is 0 Å². The second kappa shape index (κ2) is 4.23. The zero-order chi connectivity index (χ0) is 13.4. The van der Waals surface area contributed by atoms with Crippen molar-refractivity contribution in [1.29, 1.82) is 0 Å². The summed E-state index contributed by atoms with van der Waals surface area (Å²) in [6.07, 6.45) is 8.44. The van der Waals surface area contributed by atoms with Crippen LogP contribution >= 0.6 is 0 Å². The Bertz CT molecular complexity index is 846. The molecule has 0 fully saturated rings. The molecular weight excluding hydrogens is 254 g/mol. The minimum Gasteiger partial charge on any atom is -0.298 e. The van der Waals surface area contributed by atoms with E-state index >= 15 is 0 Å². The highest BCUT2D eigenvalue weighted by molar-refractivity contribution is 5.77. The number of aromatic amines is 1. The van der Waals surface area contributed by atoms with Gasteiger partial charge in [0.2, 0.25) is 0 Å². The normalized spacial score (nSPS) is 11.0. The van der Waals surface area contributed by atoms with Crippen molar-refractivity contribution in [1.82, 2.24) is 34.7 Å². The summed E-state index contributed by atoms with van der Waals surface area (Å²) in [6.45, 7) is 0. The van der Waals surface area contributed by atoms with Gasteiger partial charge in [0.1, 0.15) is 12.0 Å². The molecule has 4 aromatic heterocycles. The number of pyridine rings is 1. The maximum atomic E-state index is 4.31. The summed E-state index contributed by atoms with van der Waals surface area (Å²) in [5.74, 6) is 1.05. The van der Waals surface area contributed by atoms with Crippen LogP contribution in [-0.4, -0.2) is 34.7 Å². The fourth-order valence-electron chi connectivity index (χ4n) is 2.00. The van der Waals surface area contributed by atoms with Crippen molar-refractivity contribution >= 4 is 11.0 Å². The van der Waals surface area contributed by atoms with Gasteiger partial charge in [0.25, 0.3) is 0 Å². The first kappa shape index (κ1) is 10.8. The Kier molecular flexibility index (Phi) is 2.28. The molecule has 1 N–H and O–H groups in total. The predicted molar refractivity (Wildman–Crippen MR) is 70.9 cm³/mol. The summed E-state index contributed by atoms with van der Waals surface area (Å²) >= 11 is 0. The lowest BCUT2D eigenvalue weighted by Crippen LogP contribution is -1.98. The van der Waals surface area contributed by atoms with Crippen LogP contribution in [0.15, 0.2) is 43.2 Å². The zero-order valence-corrected chi connectivity index (χ0v) is 10.2. The third-order valence-electron chi connectivity index (χ3n) is 2.93. The van der Waals surface area contributed by atoms with Crippen LogP contribution in [0.3, 0.4) is 0 Å². The number of hydrogen-bond donors (Lipinski definition) is 1. The molecule has 0 aromatic carbocycles. The number of aromatic nitrogens is 7. The average molecular weight is 262 g/mol. The summed E-state index contributed by atoms with van der Waals surface area (Å²) in [5.41, 5.74) is 1.68. The Labute approximate surface area is 113 Å². The minimum absolute atomic E-state index is 0.504. The molecule has 0 aliphatic carbocycles. The van der Waals surface area contributed by atoms with Crippen LogP contribution in [0.2, 0.25) is 0 Å². The second-order valence-electron chi connectivity index (χ2n) is 4.13. The Morgan fingerprint density at radius 3 is 2.80 bits per heavy atom. The van der Waals surface area contributed by atoms with E-state index in [1.807, 2.05) is 22.9 Å². The number of H-pyrrole nitrogens is 1. The second-order valence-corrected chi connectivity index (χ2v) is 4.13. The first-order valence-corrected chi connectivity index (χ1v) is 5.93. The van der Waals surface area contributed by atoms with Gasteiger partial charge in [0.15, 0.2) is 11.6 Å². The van der Waals surface area contributed by atoms with Gasteiger partial charge in [-0.3, -0.25) is 9.67 Å². The van der Waals surface area contributed by atoms with E-state index in [1.54, 1.807) is 18.6 Å². The van der Waals surface area contributed by atoms with Gasteiger partial charge in [-0.05, 0) is 12.1 Å². The van der Waals surface area contributed by atoms with E-state index in [0.29, 0.717) is 11.6 Å². The number of hydrogen-bond acceptors (Lipinski definition) is 5. The fourth-order valence-corrected chi connectivity index (χ4v) is 2.00. The number of fused-ring (bicyclic) bond motifs is 1. The molecule has 7 nitrogen and oxygen atoms in total. The topological polar surface area (TPSA) is 85.2 Å². The summed E-state index contributed by atoms with van der Waals surface area (Å²) in [6, 6.07) is 6.82. The van der Waals surface area contributed by atoms with Crippen molar-refractivity contribution in [3.8, 4) is 17.3 Å². The molecule has 4 rings (SSSR count). The third-order valence-corrected chi connectivity index (χ3v) is 2.93. The largest absolute Gasteiger partial charge is 0.298 e. The molecule has 0 unspecified atom stereocenters. The molecule has 20 heavy (non-hydrogen) atoms. The van der Waals surface area contributed by atoms with E-state index in [9.17, 15) is 0 Å². The van der Waals surface area contributed by atoms with Crippen molar-refractivity contribution in [3.05, 3.63) is 49.3 Å². The highest BCUT2D eigenvalue weighted by atomic mass is 15.2. The van der Waals surface area contributed by atoms with Gasteiger partial charge >= 0.3 is 0 Å². The molecule has 95 valence electrons. The van der Waals surface area contributed by atoms with Crippen LogP contribution in [0.1, 0.15) is 0 Å². The van der Waals surface area contributed by atoms with Gasteiger partial charge in [-0.15, -0.1) is 0 Å². The average Bonchev–Trinajstić information content (AvgIpc) is 3.17. The van der Waals surface area contributed by atoms with Crippen molar-refractivity contribution in [2.45, 2.75) is 0 Å². The Morgan fingerprint density at radius 2 is 2.00 bits per heavy atom. The van der Waals surface area contributed by atoms with Crippen molar-refractivity contribution in [2.75, 3.05) is 0 Å². The lowest BCUT2D eigenvalue weighted by Gasteiger charge is -2.03. The Morgan fingerprint density at radius 1 is 1.10 bits per heavy atom. The van der Waals surface area contributed by atoms with Gasteiger partial charge in [-0.25, -0.2) is 19.9 Å². The first-order valence-electron chi connectivity index (χ1n) is 5.93. The summed E-state index contributed by atoms with van der Waals surface area (Å²) in [5, 5.41) is 7.53. The molecule has 0 aliphatic rings.